The van der Waals surface area contributed by atoms with E-state index in [1.807, 2.05) is 29.4 Å². The first-order valence-electron chi connectivity index (χ1n) is 7.50. The van der Waals surface area contributed by atoms with E-state index in [0.717, 1.165) is 31.4 Å². The number of imidazole rings is 1. The minimum Gasteiger partial charge on any atom is -0.341 e. The Labute approximate surface area is 118 Å². The second-order valence-corrected chi connectivity index (χ2v) is 6.07. The van der Waals surface area contributed by atoms with Gasteiger partial charge in [-0.2, -0.15) is 0 Å². The molecule has 1 saturated heterocycles. The van der Waals surface area contributed by atoms with E-state index in [1.165, 1.54) is 18.4 Å². The van der Waals surface area contributed by atoms with Crippen molar-refractivity contribution in [1.29, 1.82) is 0 Å². The van der Waals surface area contributed by atoms with E-state index < -0.39 is 0 Å². The van der Waals surface area contributed by atoms with Gasteiger partial charge in [-0.1, -0.05) is 12.1 Å². The molecule has 0 spiro atoms. The molecule has 2 heterocycles. The first-order valence-corrected chi connectivity index (χ1v) is 7.50. The maximum absolute atomic E-state index is 12.2. The molecule has 0 bridgehead atoms. The van der Waals surface area contributed by atoms with Crippen LogP contribution in [0.4, 0.5) is 0 Å². The average Bonchev–Trinajstić information content (AvgIpc) is 3.01. The van der Waals surface area contributed by atoms with Gasteiger partial charge >= 0.3 is 0 Å². The first kappa shape index (κ1) is 11.9. The Bertz CT molecular complexity index is 644. The average molecular weight is 269 g/mol. The Morgan fingerprint density at radius 2 is 2.10 bits per heavy atom. The molecule has 1 saturated carbocycles. The molecule has 2 aromatic rings. The van der Waals surface area contributed by atoms with E-state index in [0.29, 0.717) is 17.9 Å². The van der Waals surface area contributed by atoms with Crippen LogP contribution in [-0.2, 0) is 4.79 Å². The lowest BCUT2D eigenvalue weighted by molar-refractivity contribution is -0.130. The van der Waals surface area contributed by atoms with Crippen LogP contribution < -0.4 is 0 Å². The van der Waals surface area contributed by atoms with Crippen molar-refractivity contribution in [3.63, 3.8) is 0 Å². The molecule has 4 nitrogen and oxygen atoms in total. The number of likely N-dealkylation sites (tertiary alicyclic amines) is 1. The fourth-order valence-corrected chi connectivity index (χ4v) is 3.16. The molecule has 20 heavy (non-hydrogen) atoms. The van der Waals surface area contributed by atoms with Gasteiger partial charge in [0.2, 0.25) is 5.91 Å². The largest absolute Gasteiger partial charge is 0.341 e. The number of hydrogen-bond donors (Lipinski definition) is 0. The normalized spacial score (nSPS) is 22.6. The zero-order valence-corrected chi connectivity index (χ0v) is 11.5. The van der Waals surface area contributed by atoms with Crippen molar-refractivity contribution in [2.45, 2.75) is 31.7 Å². The van der Waals surface area contributed by atoms with Crippen LogP contribution in [0.25, 0.3) is 11.0 Å². The summed E-state index contributed by atoms with van der Waals surface area (Å²) < 4.78 is 2.24. The van der Waals surface area contributed by atoms with E-state index in [-0.39, 0.29) is 0 Å². The number of amides is 1. The predicted octanol–water partition coefficient (Wildman–Crippen LogP) is 2.61. The van der Waals surface area contributed by atoms with Crippen molar-refractivity contribution in [3.8, 4) is 0 Å². The van der Waals surface area contributed by atoms with Gasteiger partial charge in [0.1, 0.15) is 0 Å². The summed E-state index contributed by atoms with van der Waals surface area (Å²) in [5.41, 5.74) is 2.21. The van der Waals surface area contributed by atoms with E-state index in [1.54, 1.807) is 0 Å². The van der Waals surface area contributed by atoms with Gasteiger partial charge in [0.15, 0.2) is 0 Å². The van der Waals surface area contributed by atoms with E-state index in [2.05, 4.69) is 15.6 Å². The number of carbonyl (C=O) groups is 1. The summed E-state index contributed by atoms with van der Waals surface area (Å²) in [7, 11) is 0. The molecule has 0 N–H and O–H groups in total. The van der Waals surface area contributed by atoms with Crippen molar-refractivity contribution < 1.29 is 4.79 Å². The number of carbonyl (C=O) groups excluding carboxylic acids is 1. The van der Waals surface area contributed by atoms with Crippen LogP contribution in [0.2, 0.25) is 0 Å². The number of para-hydroxylation sites is 2. The molecular formula is C16H19N3O. The highest BCUT2D eigenvalue weighted by molar-refractivity contribution is 5.77. The topological polar surface area (TPSA) is 38.1 Å². The molecule has 104 valence electrons. The fourth-order valence-electron chi connectivity index (χ4n) is 3.16. The number of rotatable bonds is 3. The Morgan fingerprint density at radius 3 is 2.95 bits per heavy atom. The number of benzene rings is 1. The molecule has 4 rings (SSSR count). The van der Waals surface area contributed by atoms with Crippen molar-refractivity contribution >= 4 is 16.9 Å². The summed E-state index contributed by atoms with van der Waals surface area (Å²) in [6, 6.07) is 8.59. The summed E-state index contributed by atoms with van der Waals surface area (Å²) in [6.45, 7) is 1.73. The smallest absolute Gasteiger partial charge is 0.222 e. The SMILES string of the molecule is O=C(CC1CC1)N1CC[C@@H](n2cnc3ccccc32)C1. The molecule has 1 amide bonds. The Kier molecular flexibility index (Phi) is 2.76. The number of aromatic nitrogens is 2. The molecule has 1 aliphatic heterocycles. The van der Waals surface area contributed by atoms with Crippen LogP contribution in [0.5, 0.6) is 0 Å². The van der Waals surface area contributed by atoms with Gasteiger partial charge in [-0.3, -0.25) is 4.79 Å². The monoisotopic (exact) mass is 269 g/mol. The van der Waals surface area contributed by atoms with Crippen molar-refractivity contribution in [2.24, 2.45) is 5.92 Å². The van der Waals surface area contributed by atoms with E-state index in [4.69, 9.17) is 0 Å². The predicted molar refractivity (Wildman–Crippen MR) is 77.3 cm³/mol. The van der Waals surface area contributed by atoms with Gasteiger partial charge < -0.3 is 9.47 Å². The third-order valence-electron chi connectivity index (χ3n) is 4.55. The van der Waals surface area contributed by atoms with Crippen molar-refractivity contribution in [1.82, 2.24) is 14.5 Å². The molecule has 2 aliphatic rings. The van der Waals surface area contributed by atoms with Gasteiger partial charge in [0, 0.05) is 19.5 Å². The zero-order chi connectivity index (χ0) is 13.5. The molecule has 0 unspecified atom stereocenters. The Balaban J connectivity index is 1.51. The van der Waals surface area contributed by atoms with Gasteiger partial charge in [-0.25, -0.2) is 4.98 Å². The second-order valence-electron chi connectivity index (χ2n) is 6.07. The van der Waals surface area contributed by atoms with Gasteiger partial charge in [0.25, 0.3) is 0 Å². The van der Waals surface area contributed by atoms with E-state index >= 15 is 0 Å². The lowest BCUT2D eigenvalue weighted by Crippen LogP contribution is -2.29. The summed E-state index contributed by atoms with van der Waals surface area (Å²) in [4.78, 5) is 18.7. The third kappa shape index (κ3) is 2.09. The minimum absolute atomic E-state index is 0.347. The summed E-state index contributed by atoms with van der Waals surface area (Å²) in [5.74, 6) is 1.02. The Morgan fingerprint density at radius 1 is 1.25 bits per heavy atom. The molecule has 2 fully saturated rings. The number of hydrogen-bond acceptors (Lipinski definition) is 2. The standard InChI is InChI=1S/C16H19N3O/c20-16(9-12-5-6-12)18-8-7-13(10-18)19-11-17-14-3-1-2-4-15(14)19/h1-4,11-13H,5-10H2/t13-/m1/s1. The van der Waals surface area contributed by atoms with Crippen LogP contribution in [0, 0.1) is 5.92 Å². The molecule has 0 radical (unpaired) electrons. The molecule has 4 heteroatoms. The highest BCUT2D eigenvalue weighted by Gasteiger charge is 2.31. The van der Waals surface area contributed by atoms with Crippen LogP contribution in [0.3, 0.4) is 0 Å². The molecule has 1 aliphatic carbocycles. The fraction of sp³-hybridized carbons (Fsp3) is 0.500. The highest BCUT2D eigenvalue weighted by atomic mass is 16.2. The lowest BCUT2D eigenvalue weighted by atomic mass is 10.2. The minimum atomic E-state index is 0.347. The van der Waals surface area contributed by atoms with Crippen LogP contribution in [0.1, 0.15) is 31.7 Å². The van der Waals surface area contributed by atoms with Crippen molar-refractivity contribution in [2.75, 3.05) is 13.1 Å². The quantitative estimate of drug-likeness (QED) is 0.859. The second kappa shape index (κ2) is 4.62. The van der Waals surface area contributed by atoms with Gasteiger partial charge in [-0.15, -0.1) is 0 Å². The summed E-state index contributed by atoms with van der Waals surface area (Å²) in [6.07, 6.45) is 6.21. The van der Waals surface area contributed by atoms with Crippen LogP contribution >= 0.6 is 0 Å². The maximum atomic E-state index is 12.2. The maximum Gasteiger partial charge on any atom is 0.222 e. The highest BCUT2D eigenvalue weighted by Crippen LogP contribution is 2.34. The first-order chi connectivity index (χ1) is 9.81. The van der Waals surface area contributed by atoms with Gasteiger partial charge in [0.05, 0.1) is 23.4 Å². The number of nitrogens with zero attached hydrogens (tertiary/aromatic N) is 3. The summed E-state index contributed by atoms with van der Waals surface area (Å²) in [5, 5.41) is 0. The summed E-state index contributed by atoms with van der Waals surface area (Å²) >= 11 is 0. The molecule has 1 aromatic carbocycles. The Hall–Kier alpha value is -1.84. The zero-order valence-electron chi connectivity index (χ0n) is 11.5. The molecular weight excluding hydrogens is 250 g/mol. The van der Waals surface area contributed by atoms with Crippen molar-refractivity contribution in [3.05, 3.63) is 30.6 Å². The molecule has 1 atom stereocenters. The van der Waals surface area contributed by atoms with Gasteiger partial charge in [-0.05, 0) is 37.3 Å². The number of fused-ring (bicyclic) bond motifs is 1. The third-order valence-corrected chi connectivity index (χ3v) is 4.55. The van der Waals surface area contributed by atoms with Crippen LogP contribution in [-0.4, -0.2) is 33.4 Å². The molecule has 1 aromatic heterocycles. The van der Waals surface area contributed by atoms with E-state index in [9.17, 15) is 4.79 Å². The lowest BCUT2D eigenvalue weighted by Gasteiger charge is -2.17. The van der Waals surface area contributed by atoms with Crippen LogP contribution in [0.15, 0.2) is 30.6 Å².